The number of hydrogen-bond donors (Lipinski definition) is 2. The first-order valence-corrected chi connectivity index (χ1v) is 7.88. The van der Waals surface area contributed by atoms with Gasteiger partial charge in [-0.15, -0.1) is 0 Å². The van der Waals surface area contributed by atoms with Crippen LogP contribution in [0.1, 0.15) is 29.6 Å². The van der Waals surface area contributed by atoms with Gasteiger partial charge < -0.3 is 20.0 Å². The van der Waals surface area contributed by atoms with Gasteiger partial charge in [-0.25, -0.2) is 0 Å². The first-order chi connectivity index (χ1) is 10.6. The molecule has 0 unspecified atom stereocenters. The van der Waals surface area contributed by atoms with E-state index in [-0.39, 0.29) is 11.9 Å². The normalized spacial score (nSPS) is 26.5. The molecule has 2 saturated heterocycles. The van der Waals surface area contributed by atoms with Crippen molar-refractivity contribution in [3.8, 4) is 0 Å². The molecular formula is C17H21N3O2. The molecule has 0 radical (unpaired) electrons. The van der Waals surface area contributed by atoms with E-state index in [1.165, 1.54) is 12.8 Å². The molecule has 2 bridgehead atoms. The van der Waals surface area contributed by atoms with Crippen LogP contribution in [-0.2, 0) is 0 Å². The molecule has 3 heterocycles. The molecular weight excluding hydrogens is 278 g/mol. The van der Waals surface area contributed by atoms with Crippen LogP contribution in [0.4, 0.5) is 5.88 Å². The van der Waals surface area contributed by atoms with Gasteiger partial charge in [0.05, 0.1) is 0 Å². The van der Waals surface area contributed by atoms with Crippen LogP contribution < -0.4 is 15.5 Å². The van der Waals surface area contributed by atoms with Gasteiger partial charge in [0.1, 0.15) is 5.58 Å². The standard InChI is InChI=1S/C17H21N3O2/c1-20(2)16-8-10-3-4-11(7-15(10)22-16)17(21)19-14-9-12-5-6-13(14)18-12/h3-4,7-8,12-14,18H,5-6,9H2,1-2H3,(H,19,21)/t12-,13+,14-/m1/s1. The highest BCUT2D eigenvalue weighted by Gasteiger charge is 2.39. The summed E-state index contributed by atoms with van der Waals surface area (Å²) in [7, 11) is 3.88. The highest BCUT2D eigenvalue weighted by Crippen LogP contribution is 2.29. The zero-order valence-corrected chi connectivity index (χ0v) is 12.9. The molecule has 1 amide bonds. The van der Waals surface area contributed by atoms with Crippen molar-refractivity contribution in [3.63, 3.8) is 0 Å². The van der Waals surface area contributed by atoms with Crippen LogP contribution in [-0.4, -0.2) is 38.1 Å². The lowest BCUT2D eigenvalue weighted by atomic mass is 9.95. The van der Waals surface area contributed by atoms with Crippen LogP contribution >= 0.6 is 0 Å². The minimum Gasteiger partial charge on any atom is -0.441 e. The summed E-state index contributed by atoms with van der Waals surface area (Å²) < 4.78 is 5.77. The maximum absolute atomic E-state index is 12.5. The monoisotopic (exact) mass is 299 g/mol. The number of nitrogens with zero attached hydrogens (tertiary/aromatic N) is 1. The average Bonchev–Trinajstić information content (AvgIpc) is 3.20. The highest BCUT2D eigenvalue weighted by atomic mass is 16.4. The molecule has 22 heavy (non-hydrogen) atoms. The van der Waals surface area contributed by atoms with Crippen LogP contribution in [0.25, 0.3) is 11.0 Å². The van der Waals surface area contributed by atoms with Crippen LogP contribution in [0, 0.1) is 0 Å². The summed E-state index contributed by atoms with van der Waals surface area (Å²) in [6, 6.07) is 8.92. The predicted molar refractivity (Wildman–Crippen MR) is 86.4 cm³/mol. The summed E-state index contributed by atoms with van der Waals surface area (Å²) in [4.78, 5) is 14.4. The third-order valence-electron chi connectivity index (χ3n) is 4.83. The van der Waals surface area contributed by atoms with Crippen molar-refractivity contribution in [2.45, 2.75) is 37.4 Å². The summed E-state index contributed by atoms with van der Waals surface area (Å²) in [6.45, 7) is 0. The lowest BCUT2D eigenvalue weighted by Crippen LogP contribution is -2.42. The Kier molecular flexibility index (Phi) is 3.11. The minimum absolute atomic E-state index is 0.0101. The van der Waals surface area contributed by atoms with Gasteiger partial charge in [0.2, 0.25) is 0 Å². The number of fused-ring (bicyclic) bond motifs is 3. The first-order valence-electron chi connectivity index (χ1n) is 7.88. The first kappa shape index (κ1) is 13.6. The number of hydrogen-bond acceptors (Lipinski definition) is 4. The van der Waals surface area contributed by atoms with Gasteiger partial charge in [-0.1, -0.05) is 6.07 Å². The van der Waals surface area contributed by atoms with E-state index >= 15 is 0 Å². The Labute approximate surface area is 129 Å². The molecule has 1 aromatic heterocycles. The predicted octanol–water partition coefficient (Wildman–Crippen LogP) is 2.12. The van der Waals surface area contributed by atoms with E-state index in [0.29, 0.717) is 17.6 Å². The van der Waals surface area contributed by atoms with Crippen molar-refractivity contribution in [1.29, 1.82) is 0 Å². The third-order valence-corrected chi connectivity index (χ3v) is 4.83. The lowest BCUT2D eigenvalue weighted by Gasteiger charge is -2.21. The van der Waals surface area contributed by atoms with Gasteiger partial charge in [0.15, 0.2) is 5.88 Å². The van der Waals surface area contributed by atoms with Crippen LogP contribution in [0.3, 0.4) is 0 Å². The van der Waals surface area contributed by atoms with Crippen LogP contribution in [0.2, 0.25) is 0 Å². The second-order valence-electron chi connectivity index (χ2n) is 6.59. The molecule has 5 heteroatoms. The zero-order valence-electron chi connectivity index (χ0n) is 12.9. The highest BCUT2D eigenvalue weighted by molar-refractivity contribution is 5.98. The maximum atomic E-state index is 12.5. The van der Waals surface area contributed by atoms with E-state index in [9.17, 15) is 4.79 Å². The maximum Gasteiger partial charge on any atom is 0.251 e. The Hall–Kier alpha value is -2.01. The Morgan fingerprint density at radius 3 is 2.86 bits per heavy atom. The van der Waals surface area contributed by atoms with Crippen molar-refractivity contribution in [2.24, 2.45) is 0 Å². The SMILES string of the molecule is CN(C)c1cc2ccc(C(=O)N[C@@H]3C[C@H]4CC[C@@H]3N4)cc2o1. The van der Waals surface area contributed by atoms with E-state index in [0.717, 1.165) is 23.3 Å². The number of carbonyl (C=O) groups is 1. The van der Waals surface area contributed by atoms with Gasteiger partial charge in [-0.05, 0) is 31.4 Å². The molecule has 4 rings (SSSR count). The lowest BCUT2D eigenvalue weighted by molar-refractivity contribution is 0.0931. The number of furan rings is 1. The van der Waals surface area contributed by atoms with E-state index in [1.54, 1.807) is 0 Å². The van der Waals surface area contributed by atoms with E-state index in [1.807, 2.05) is 43.3 Å². The van der Waals surface area contributed by atoms with Crippen LogP contribution in [0.15, 0.2) is 28.7 Å². The van der Waals surface area contributed by atoms with E-state index in [4.69, 9.17) is 4.42 Å². The van der Waals surface area contributed by atoms with Crippen molar-refractivity contribution in [3.05, 3.63) is 29.8 Å². The Morgan fingerprint density at radius 2 is 2.18 bits per heavy atom. The second-order valence-corrected chi connectivity index (χ2v) is 6.59. The topological polar surface area (TPSA) is 57.5 Å². The molecule has 2 aliphatic heterocycles. The molecule has 0 spiro atoms. The molecule has 2 aliphatic rings. The summed E-state index contributed by atoms with van der Waals surface area (Å²) in [5, 5.41) is 7.72. The van der Waals surface area contributed by atoms with Crippen molar-refractivity contribution >= 4 is 22.8 Å². The zero-order chi connectivity index (χ0) is 15.3. The fraction of sp³-hybridized carbons (Fsp3) is 0.471. The van der Waals surface area contributed by atoms with Crippen molar-refractivity contribution in [1.82, 2.24) is 10.6 Å². The van der Waals surface area contributed by atoms with Gasteiger partial charge in [-0.3, -0.25) is 4.79 Å². The average molecular weight is 299 g/mol. The van der Waals surface area contributed by atoms with Crippen LogP contribution in [0.5, 0.6) is 0 Å². The fourth-order valence-electron chi connectivity index (χ4n) is 3.61. The molecule has 0 saturated carbocycles. The van der Waals surface area contributed by atoms with E-state index < -0.39 is 0 Å². The summed E-state index contributed by atoms with van der Waals surface area (Å²) in [6.07, 6.45) is 3.45. The number of benzene rings is 1. The summed E-state index contributed by atoms with van der Waals surface area (Å²) in [5.74, 6) is 0.786. The smallest absolute Gasteiger partial charge is 0.251 e. The number of anilines is 1. The van der Waals surface area contributed by atoms with Crippen molar-refractivity contribution < 1.29 is 9.21 Å². The number of amides is 1. The molecule has 3 atom stereocenters. The molecule has 116 valence electrons. The summed E-state index contributed by atoms with van der Waals surface area (Å²) in [5.41, 5.74) is 1.41. The number of carbonyl (C=O) groups excluding carboxylic acids is 1. The molecule has 2 fully saturated rings. The molecule has 5 nitrogen and oxygen atoms in total. The van der Waals surface area contributed by atoms with E-state index in [2.05, 4.69) is 10.6 Å². The summed E-state index contributed by atoms with van der Waals surface area (Å²) >= 11 is 0. The molecule has 2 N–H and O–H groups in total. The Balaban J connectivity index is 1.54. The number of rotatable bonds is 3. The third kappa shape index (κ3) is 2.25. The molecule has 0 aliphatic carbocycles. The van der Waals surface area contributed by atoms with Gasteiger partial charge >= 0.3 is 0 Å². The number of nitrogens with one attached hydrogen (secondary N) is 2. The van der Waals surface area contributed by atoms with Gasteiger partial charge in [-0.2, -0.15) is 0 Å². The largest absolute Gasteiger partial charge is 0.441 e. The van der Waals surface area contributed by atoms with Gasteiger partial charge in [0, 0.05) is 49.2 Å². The van der Waals surface area contributed by atoms with Crippen molar-refractivity contribution in [2.75, 3.05) is 19.0 Å². The fourth-order valence-corrected chi connectivity index (χ4v) is 3.61. The molecule has 2 aromatic rings. The van der Waals surface area contributed by atoms with Gasteiger partial charge in [0.25, 0.3) is 5.91 Å². The Morgan fingerprint density at radius 1 is 1.32 bits per heavy atom. The Bertz CT molecular complexity index is 722. The quantitative estimate of drug-likeness (QED) is 0.911. The second kappa shape index (κ2) is 5.02. The molecule has 1 aromatic carbocycles. The minimum atomic E-state index is -0.0101.